The number of carbonyl (C=O) groups is 1. The molecular weight excluding hydrogens is 336 g/mol. The van der Waals surface area contributed by atoms with Crippen LogP contribution in [0, 0.1) is 0 Å². The Hall–Kier alpha value is -3.47. The Labute approximate surface area is 157 Å². The second-order valence-corrected chi connectivity index (χ2v) is 6.36. The average Bonchev–Trinajstić information content (AvgIpc) is 3.18. The van der Waals surface area contributed by atoms with E-state index < -0.39 is 0 Å². The Morgan fingerprint density at radius 1 is 0.963 bits per heavy atom. The molecule has 4 rings (SSSR count). The molecule has 1 N–H and O–H groups in total. The molecule has 0 spiro atoms. The zero-order chi connectivity index (χ0) is 18.5. The van der Waals surface area contributed by atoms with Gasteiger partial charge >= 0.3 is 0 Å². The zero-order valence-corrected chi connectivity index (χ0v) is 14.9. The molecule has 0 unspecified atom stereocenters. The van der Waals surface area contributed by atoms with Crippen LogP contribution in [0.5, 0.6) is 0 Å². The van der Waals surface area contributed by atoms with E-state index in [0.717, 1.165) is 27.6 Å². The first kappa shape index (κ1) is 17.0. The molecule has 2 aromatic heterocycles. The zero-order valence-electron chi connectivity index (χ0n) is 14.9. The molecule has 4 aromatic rings. The highest BCUT2D eigenvalue weighted by atomic mass is 16.1. The van der Waals surface area contributed by atoms with Crippen LogP contribution in [0.2, 0.25) is 0 Å². The van der Waals surface area contributed by atoms with E-state index >= 15 is 0 Å². The quantitative estimate of drug-likeness (QED) is 0.576. The Bertz CT molecular complexity index is 1050. The standard InChI is InChI=1S/C22H20N4O/c27-22(16-19-6-3-5-17-4-1-2-7-20(17)19)24-13-15-26-14-10-21(25-26)18-8-11-23-12-9-18/h1-12,14H,13,15-16H2,(H,24,27). The molecule has 0 aliphatic carbocycles. The largest absolute Gasteiger partial charge is 0.354 e. The van der Waals surface area contributed by atoms with Crippen LogP contribution in [0.15, 0.2) is 79.3 Å². The fourth-order valence-corrected chi connectivity index (χ4v) is 3.15. The van der Waals surface area contributed by atoms with E-state index in [2.05, 4.69) is 33.6 Å². The number of fused-ring (bicyclic) bond motifs is 1. The summed E-state index contributed by atoms with van der Waals surface area (Å²) in [6.07, 6.45) is 5.80. The van der Waals surface area contributed by atoms with E-state index in [0.29, 0.717) is 19.5 Å². The maximum atomic E-state index is 12.3. The topological polar surface area (TPSA) is 59.8 Å². The Morgan fingerprint density at radius 3 is 2.67 bits per heavy atom. The van der Waals surface area contributed by atoms with Gasteiger partial charge in [0.2, 0.25) is 5.91 Å². The summed E-state index contributed by atoms with van der Waals surface area (Å²) in [5.41, 5.74) is 2.98. The summed E-state index contributed by atoms with van der Waals surface area (Å²) in [6, 6.07) is 20.0. The lowest BCUT2D eigenvalue weighted by molar-refractivity contribution is -0.120. The normalized spacial score (nSPS) is 10.8. The molecule has 0 saturated carbocycles. The van der Waals surface area contributed by atoms with Crippen LogP contribution < -0.4 is 5.32 Å². The van der Waals surface area contributed by atoms with Crippen LogP contribution in [-0.4, -0.2) is 27.2 Å². The number of hydrogen-bond donors (Lipinski definition) is 1. The van der Waals surface area contributed by atoms with Gasteiger partial charge in [-0.3, -0.25) is 14.5 Å². The van der Waals surface area contributed by atoms with Crippen molar-refractivity contribution >= 4 is 16.7 Å². The molecule has 5 heteroatoms. The van der Waals surface area contributed by atoms with Gasteiger partial charge < -0.3 is 5.32 Å². The van der Waals surface area contributed by atoms with E-state index in [1.54, 1.807) is 12.4 Å². The van der Waals surface area contributed by atoms with Gasteiger partial charge in [0, 0.05) is 30.7 Å². The second-order valence-electron chi connectivity index (χ2n) is 6.36. The Morgan fingerprint density at radius 2 is 1.78 bits per heavy atom. The molecule has 1 amide bonds. The SMILES string of the molecule is O=C(Cc1cccc2ccccc12)NCCn1ccc(-c2ccncc2)n1. The van der Waals surface area contributed by atoms with Gasteiger partial charge in [-0.05, 0) is 34.5 Å². The maximum Gasteiger partial charge on any atom is 0.224 e. The number of nitrogens with one attached hydrogen (secondary N) is 1. The van der Waals surface area contributed by atoms with Gasteiger partial charge in [-0.2, -0.15) is 5.10 Å². The third-order valence-corrected chi connectivity index (χ3v) is 4.51. The van der Waals surface area contributed by atoms with Gasteiger partial charge in [-0.25, -0.2) is 0 Å². The molecule has 0 bridgehead atoms. The molecule has 0 aliphatic rings. The maximum absolute atomic E-state index is 12.3. The van der Waals surface area contributed by atoms with Crippen LogP contribution in [0.4, 0.5) is 0 Å². The van der Waals surface area contributed by atoms with Gasteiger partial charge in [0.1, 0.15) is 0 Å². The first-order valence-corrected chi connectivity index (χ1v) is 8.97. The Kier molecular flexibility index (Phi) is 4.92. The highest BCUT2D eigenvalue weighted by molar-refractivity contribution is 5.90. The third-order valence-electron chi connectivity index (χ3n) is 4.51. The monoisotopic (exact) mass is 356 g/mol. The molecule has 0 fully saturated rings. The van der Waals surface area contributed by atoms with E-state index in [-0.39, 0.29) is 5.91 Å². The molecule has 5 nitrogen and oxygen atoms in total. The fraction of sp³-hybridized carbons (Fsp3) is 0.136. The minimum absolute atomic E-state index is 0.0212. The third kappa shape index (κ3) is 4.03. The molecule has 0 aliphatic heterocycles. The van der Waals surface area contributed by atoms with Crippen molar-refractivity contribution in [1.29, 1.82) is 0 Å². The molecule has 2 aromatic carbocycles. The minimum atomic E-state index is 0.0212. The number of amides is 1. The van der Waals surface area contributed by atoms with E-state index in [9.17, 15) is 4.79 Å². The minimum Gasteiger partial charge on any atom is -0.354 e. The summed E-state index contributed by atoms with van der Waals surface area (Å²) < 4.78 is 1.84. The van der Waals surface area contributed by atoms with Crippen LogP contribution in [0.1, 0.15) is 5.56 Å². The highest BCUT2D eigenvalue weighted by Crippen LogP contribution is 2.19. The van der Waals surface area contributed by atoms with Crippen molar-refractivity contribution in [2.75, 3.05) is 6.54 Å². The number of aromatic nitrogens is 3. The molecule has 0 saturated heterocycles. The van der Waals surface area contributed by atoms with Crippen LogP contribution in [0.3, 0.4) is 0 Å². The summed E-state index contributed by atoms with van der Waals surface area (Å²) in [7, 11) is 0. The number of rotatable bonds is 6. The lowest BCUT2D eigenvalue weighted by Crippen LogP contribution is -2.28. The van der Waals surface area contributed by atoms with Crippen molar-refractivity contribution in [3.63, 3.8) is 0 Å². The van der Waals surface area contributed by atoms with Crippen LogP contribution in [-0.2, 0) is 17.8 Å². The van der Waals surface area contributed by atoms with Gasteiger partial charge in [-0.1, -0.05) is 42.5 Å². The molecular formula is C22H20N4O. The summed E-state index contributed by atoms with van der Waals surface area (Å²) in [5, 5.41) is 9.81. The van der Waals surface area contributed by atoms with Crippen molar-refractivity contribution in [3.8, 4) is 11.3 Å². The van der Waals surface area contributed by atoms with Crippen molar-refractivity contribution in [2.24, 2.45) is 0 Å². The number of benzene rings is 2. The number of nitrogens with zero attached hydrogens (tertiary/aromatic N) is 3. The van der Waals surface area contributed by atoms with Gasteiger partial charge in [0.15, 0.2) is 0 Å². The lowest BCUT2D eigenvalue weighted by atomic mass is 10.0. The molecule has 0 atom stereocenters. The lowest BCUT2D eigenvalue weighted by Gasteiger charge is -2.08. The Balaban J connectivity index is 1.33. The smallest absolute Gasteiger partial charge is 0.224 e. The summed E-state index contributed by atoms with van der Waals surface area (Å²) in [6.45, 7) is 1.17. The molecule has 2 heterocycles. The summed E-state index contributed by atoms with van der Waals surface area (Å²) in [5.74, 6) is 0.0212. The van der Waals surface area contributed by atoms with Crippen LogP contribution >= 0.6 is 0 Å². The van der Waals surface area contributed by atoms with Crippen molar-refractivity contribution < 1.29 is 4.79 Å². The number of pyridine rings is 1. The first-order chi connectivity index (χ1) is 13.3. The molecule has 0 radical (unpaired) electrons. The second kappa shape index (κ2) is 7.83. The molecule has 134 valence electrons. The van der Waals surface area contributed by atoms with E-state index in [4.69, 9.17) is 0 Å². The van der Waals surface area contributed by atoms with Gasteiger partial charge in [0.05, 0.1) is 18.7 Å². The van der Waals surface area contributed by atoms with Crippen LogP contribution in [0.25, 0.3) is 22.0 Å². The predicted molar refractivity (Wildman–Crippen MR) is 106 cm³/mol. The predicted octanol–water partition coefficient (Wildman–Crippen LogP) is 3.46. The summed E-state index contributed by atoms with van der Waals surface area (Å²) in [4.78, 5) is 16.3. The van der Waals surface area contributed by atoms with Gasteiger partial charge in [-0.15, -0.1) is 0 Å². The van der Waals surface area contributed by atoms with Gasteiger partial charge in [0.25, 0.3) is 0 Å². The highest BCUT2D eigenvalue weighted by Gasteiger charge is 2.07. The van der Waals surface area contributed by atoms with Crippen molar-refractivity contribution in [1.82, 2.24) is 20.1 Å². The number of hydrogen-bond acceptors (Lipinski definition) is 3. The fourth-order valence-electron chi connectivity index (χ4n) is 3.15. The van der Waals surface area contributed by atoms with Crippen molar-refractivity contribution in [2.45, 2.75) is 13.0 Å². The first-order valence-electron chi connectivity index (χ1n) is 8.97. The van der Waals surface area contributed by atoms with E-state index in [1.807, 2.05) is 53.3 Å². The summed E-state index contributed by atoms with van der Waals surface area (Å²) >= 11 is 0. The number of carbonyl (C=O) groups excluding carboxylic acids is 1. The average molecular weight is 356 g/mol. The van der Waals surface area contributed by atoms with E-state index in [1.165, 1.54) is 0 Å². The molecule has 27 heavy (non-hydrogen) atoms. The van der Waals surface area contributed by atoms with Crippen molar-refractivity contribution in [3.05, 3.63) is 84.8 Å².